The first kappa shape index (κ1) is 14.9. The summed E-state index contributed by atoms with van der Waals surface area (Å²) in [7, 11) is 0. The topological polar surface area (TPSA) is 79.5 Å². The molecule has 0 aromatic carbocycles. The molecule has 20 heavy (non-hydrogen) atoms. The average Bonchev–Trinajstić information content (AvgIpc) is 2.71. The number of halogens is 1. The molecule has 110 valence electrons. The first-order valence-electron chi connectivity index (χ1n) is 6.80. The van der Waals surface area contributed by atoms with E-state index in [1.54, 1.807) is 0 Å². The molecule has 1 saturated carbocycles. The van der Waals surface area contributed by atoms with Gasteiger partial charge in [0.15, 0.2) is 0 Å². The van der Waals surface area contributed by atoms with Crippen molar-refractivity contribution in [3.05, 3.63) is 23.1 Å². The molecule has 0 spiro atoms. The van der Waals surface area contributed by atoms with Crippen molar-refractivity contribution in [1.82, 2.24) is 5.32 Å². The van der Waals surface area contributed by atoms with Crippen LogP contribution in [0.1, 0.15) is 48.9 Å². The number of carbonyl (C=O) groups excluding carboxylic acids is 1. The Kier molecular flexibility index (Phi) is 4.70. The lowest BCUT2D eigenvalue weighted by atomic mass is 9.80. The summed E-state index contributed by atoms with van der Waals surface area (Å²) in [5.41, 5.74) is -0.622. The zero-order valence-corrected chi connectivity index (χ0v) is 11.9. The number of hydrogen-bond acceptors (Lipinski definition) is 3. The van der Waals surface area contributed by atoms with Crippen LogP contribution in [0.5, 0.6) is 0 Å². The number of nitrogens with one attached hydrogen (secondary N) is 1. The SMILES string of the molecule is O=C(NCC1(C(=O)O)CCCCCC1)c1ccoc1Cl. The molecule has 0 bridgehead atoms. The Morgan fingerprint density at radius 3 is 2.45 bits per heavy atom. The molecule has 2 N–H and O–H groups in total. The van der Waals surface area contributed by atoms with Gasteiger partial charge < -0.3 is 14.8 Å². The van der Waals surface area contributed by atoms with Crippen molar-refractivity contribution in [2.24, 2.45) is 5.41 Å². The van der Waals surface area contributed by atoms with Crippen LogP contribution < -0.4 is 5.32 Å². The maximum atomic E-state index is 12.0. The zero-order valence-electron chi connectivity index (χ0n) is 11.2. The predicted octanol–water partition coefficient (Wildman–Crippen LogP) is 3.09. The molecule has 1 aromatic heterocycles. The van der Waals surface area contributed by atoms with E-state index in [0.717, 1.165) is 25.7 Å². The number of hydrogen-bond donors (Lipinski definition) is 2. The van der Waals surface area contributed by atoms with Crippen molar-refractivity contribution in [2.75, 3.05) is 6.54 Å². The van der Waals surface area contributed by atoms with Gasteiger partial charge in [-0.05, 0) is 30.5 Å². The summed E-state index contributed by atoms with van der Waals surface area (Å²) in [4.78, 5) is 23.6. The fraction of sp³-hybridized carbons (Fsp3) is 0.571. The standard InChI is InChI=1S/C14H18ClNO4/c15-11-10(5-8-20-11)12(17)16-9-14(13(18)19)6-3-1-2-4-7-14/h5,8H,1-4,6-7,9H2,(H,16,17)(H,18,19). The van der Waals surface area contributed by atoms with E-state index in [0.29, 0.717) is 12.8 Å². The summed E-state index contributed by atoms with van der Waals surface area (Å²) in [5, 5.41) is 12.2. The van der Waals surface area contributed by atoms with Gasteiger partial charge in [0.05, 0.1) is 17.2 Å². The van der Waals surface area contributed by atoms with Gasteiger partial charge in [-0.2, -0.15) is 0 Å². The Morgan fingerprint density at radius 1 is 1.30 bits per heavy atom. The number of furan rings is 1. The van der Waals surface area contributed by atoms with E-state index >= 15 is 0 Å². The molecule has 0 atom stereocenters. The van der Waals surface area contributed by atoms with Crippen molar-refractivity contribution in [2.45, 2.75) is 38.5 Å². The monoisotopic (exact) mass is 299 g/mol. The summed E-state index contributed by atoms with van der Waals surface area (Å²) in [5.74, 6) is -1.23. The largest absolute Gasteiger partial charge is 0.481 e. The Hall–Kier alpha value is -1.49. The van der Waals surface area contributed by atoms with E-state index in [1.165, 1.54) is 12.3 Å². The fourth-order valence-corrected chi connectivity index (χ4v) is 2.87. The molecule has 0 radical (unpaired) electrons. The highest BCUT2D eigenvalue weighted by Gasteiger charge is 2.39. The minimum Gasteiger partial charge on any atom is -0.481 e. The molecule has 1 amide bonds. The van der Waals surface area contributed by atoms with Crippen LogP contribution in [0.15, 0.2) is 16.7 Å². The number of amides is 1. The van der Waals surface area contributed by atoms with Gasteiger partial charge in [-0.25, -0.2) is 0 Å². The highest BCUT2D eigenvalue weighted by Crippen LogP contribution is 2.35. The molecule has 1 aliphatic carbocycles. The van der Waals surface area contributed by atoms with Gasteiger partial charge in [-0.3, -0.25) is 9.59 Å². The van der Waals surface area contributed by atoms with E-state index in [4.69, 9.17) is 16.0 Å². The number of carboxylic acids is 1. The Bertz CT molecular complexity index is 489. The van der Waals surface area contributed by atoms with Gasteiger partial charge in [0.2, 0.25) is 5.22 Å². The minimum absolute atomic E-state index is 0.0211. The third-order valence-corrected chi connectivity index (χ3v) is 4.26. The number of carbonyl (C=O) groups is 2. The quantitative estimate of drug-likeness (QED) is 0.837. The van der Waals surface area contributed by atoms with Gasteiger partial charge in [0.25, 0.3) is 5.91 Å². The molecule has 1 aliphatic rings. The Balaban J connectivity index is 2.04. The summed E-state index contributed by atoms with van der Waals surface area (Å²) in [6.07, 6.45) is 6.40. The zero-order chi connectivity index (χ0) is 14.6. The molecule has 6 heteroatoms. The predicted molar refractivity (Wildman–Crippen MR) is 73.8 cm³/mol. The first-order valence-corrected chi connectivity index (χ1v) is 7.17. The second kappa shape index (κ2) is 6.31. The summed E-state index contributed by atoms with van der Waals surface area (Å²) >= 11 is 5.74. The molecule has 2 rings (SSSR count). The van der Waals surface area contributed by atoms with Crippen molar-refractivity contribution >= 4 is 23.5 Å². The minimum atomic E-state index is -0.859. The summed E-state index contributed by atoms with van der Waals surface area (Å²) in [6.45, 7) is 0.128. The lowest BCUT2D eigenvalue weighted by Gasteiger charge is -2.28. The van der Waals surface area contributed by atoms with Crippen LogP contribution in [0.4, 0.5) is 0 Å². The van der Waals surface area contributed by atoms with E-state index in [2.05, 4.69) is 5.32 Å². The van der Waals surface area contributed by atoms with Crippen LogP contribution in [0.25, 0.3) is 0 Å². The van der Waals surface area contributed by atoms with Crippen molar-refractivity contribution in [1.29, 1.82) is 0 Å². The fourth-order valence-electron chi connectivity index (χ4n) is 2.67. The number of aliphatic carboxylic acids is 1. The average molecular weight is 300 g/mol. The maximum absolute atomic E-state index is 12.0. The lowest BCUT2D eigenvalue weighted by Crippen LogP contribution is -2.42. The number of rotatable bonds is 4. The van der Waals surface area contributed by atoms with Crippen molar-refractivity contribution < 1.29 is 19.1 Å². The Labute approximate surface area is 122 Å². The molecule has 1 heterocycles. The maximum Gasteiger partial charge on any atom is 0.311 e. The van der Waals surface area contributed by atoms with Gasteiger partial charge in [-0.1, -0.05) is 25.7 Å². The van der Waals surface area contributed by atoms with Crippen LogP contribution in [-0.2, 0) is 4.79 Å². The molecule has 0 unspecified atom stereocenters. The molecule has 0 saturated heterocycles. The second-order valence-corrected chi connectivity index (χ2v) is 5.63. The van der Waals surface area contributed by atoms with Crippen LogP contribution in [0, 0.1) is 5.41 Å². The highest BCUT2D eigenvalue weighted by molar-refractivity contribution is 6.32. The molecule has 0 aliphatic heterocycles. The first-order chi connectivity index (χ1) is 9.55. The highest BCUT2D eigenvalue weighted by atomic mass is 35.5. The van der Waals surface area contributed by atoms with Gasteiger partial charge in [0.1, 0.15) is 0 Å². The molecular formula is C14H18ClNO4. The van der Waals surface area contributed by atoms with Gasteiger partial charge in [0, 0.05) is 6.54 Å². The van der Waals surface area contributed by atoms with Crippen LogP contribution in [-0.4, -0.2) is 23.5 Å². The van der Waals surface area contributed by atoms with Gasteiger partial charge >= 0.3 is 5.97 Å². The van der Waals surface area contributed by atoms with Crippen molar-refractivity contribution in [3.63, 3.8) is 0 Å². The van der Waals surface area contributed by atoms with Crippen molar-refractivity contribution in [3.8, 4) is 0 Å². The summed E-state index contributed by atoms with van der Waals surface area (Å²) < 4.78 is 4.86. The van der Waals surface area contributed by atoms with Gasteiger partial charge in [-0.15, -0.1) is 0 Å². The smallest absolute Gasteiger partial charge is 0.311 e. The van der Waals surface area contributed by atoms with Crippen LogP contribution in [0.2, 0.25) is 5.22 Å². The molecule has 1 fully saturated rings. The normalized spacial score (nSPS) is 18.2. The molecule has 5 nitrogen and oxygen atoms in total. The molecular weight excluding hydrogens is 282 g/mol. The van der Waals surface area contributed by atoms with E-state index in [1.807, 2.05) is 0 Å². The van der Waals surface area contributed by atoms with E-state index in [9.17, 15) is 14.7 Å². The van der Waals surface area contributed by atoms with E-state index < -0.39 is 17.3 Å². The lowest BCUT2D eigenvalue weighted by molar-refractivity contribution is -0.149. The number of carboxylic acid groups (broad SMARTS) is 1. The Morgan fingerprint density at radius 2 is 1.95 bits per heavy atom. The molecule has 1 aromatic rings. The summed E-state index contributed by atoms with van der Waals surface area (Å²) in [6, 6.07) is 1.47. The van der Waals surface area contributed by atoms with Crippen LogP contribution >= 0.6 is 11.6 Å². The van der Waals surface area contributed by atoms with E-state index in [-0.39, 0.29) is 17.3 Å². The second-order valence-electron chi connectivity index (χ2n) is 5.29. The third-order valence-electron chi connectivity index (χ3n) is 3.96. The van der Waals surface area contributed by atoms with Crippen LogP contribution in [0.3, 0.4) is 0 Å². The third kappa shape index (κ3) is 3.15.